The van der Waals surface area contributed by atoms with E-state index in [2.05, 4.69) is 26.1 Å². The highest BCUT2D eigenvalue weighted by atomic mass is 32.1. The minimum atomic E-state index is -0.958. The molecule has 1 amide bonds. The number of amides is 1. The Morgan fingerprint density at radius 3 is 2.31 bits per heavy atom. The minimum Gasteiger partial charge on any atom is -0.481 e. The fourth-order valence-corrected chi connectivity index (χ4v) is 6.30. The Morgan fingerprint density at radius 2 is 1.75 bits per heavy atom. The van der Waals surface area contributed by atoms with E-state index in [1.807, 2.05) is 13.8 Å². The summed E-state index contributed by atoms with van der Waals surface area (Å²) < 4.78 is 5.05. The van der Waals surface area contributed by atoms with Crippen molar-refractivity contribution < 1.29 is 24.2 Å². The predicted octanol–water partition coefficient (Wildman–Crippen LogP) is 5.46. The van der Waals surface area contributed by atoms with Crippen molar-refractivity contribution in [2.24, 2.45) is 23.2 Å². The molecule has 0 saturated heterocycles. The van der Waals surface area contributed by atoms with Crippen LogP contribution in [-0.2, 0) is 27.2 Å². The van der Waals surface area contributed by atoms with Gasteiger partial charge >= 0.3 is 11.9 Å². The van der Waals surface area contributed by atoms with Crippen LogP contribution in [0.1, 0.15) is 81.1 Å². The highest BCUT2D eigenvalue weighted by Gasteiger charge is 2.39. The molecule has 0 bridgehead atoms. The smallest absolute Gasteiger partial charge is 0.341 e. The van der Waals surface area contributed by atoms with Crippen LogP contribution in [0, 0.1) is 23.2 Å². The van der Waals surface area contributed by atoms with Crippen molar-refractivity contribution >= 4 is 34.2 Å². The topological polar surface area (TPSA) is 92.7 Å². The molecule has 0 aliphatic heterocycles. The van der Waals surface area contributed by atoms with E-state index in [9.17, 15) is 19.5 Å². The number of aliphatic carboxylic acids is 1. The van der Waals surface area contributed by atoms with Gasteiger partial charge in [-0.3, -0.25) is 9.59 Å². The molecule has 2 N–H and O–H groups in total. The van der Waals surface area contributed by atoms with E-state index < -0.39 is 23.8 Å². The van der Waals surface area contributed by atoms with Gasteiger partial charge in [0.25, 0.3) is 0 Å². The number of esters is 1. The molecule has 0 saturated carbocycles. The van der Waals surface area contributed by atoms with Crippen LogP contribution in [0.5, 0.6) is 0 Å². The quantitative estimate of drug-likeness (QED) is 0.433. The number of rotatable bonds is 6. The van der Waals surface area contributed by atoms with Crippen molar-refractivity contribution in [3.8, 4) is 0 Å². The summed E-state index contributed by atoms with van der Waals surface area (Å²) in [5, 5.41) is 13.1. The Bertz CT molecular complexity index is 958. The molecule has 0 fully saturated rings. The summed E-state index contributed by atoms with van der Waals surface area (Å²) >= 11 is 1.45. The van der Waals surface area contributed by atoms with Gasteiger partial charge in [-0.1, -0.05) is 38.3 Å². The molecule has 0 aromatic carbocycles. The summed E-state index contributed by atoms with van der Waals surface area (Å²) in [7, 11) is 1.35. The maximum absolute atomic E-state index is 13.2. The summed E-state index contributed by atoms with van der Waals surface area (Å²) in [5.41, 5.74) is 3.72. The van der Waals surface area contributed by atoms with Crippen LogP contribution >= 0.6 is 11.3 Å². The number of nitrogens with one attached hydrogen (secondary N) is 1. The highest BCUT2D eigenvalue weighted by Crippen LogP contribution is 2.46. The van der Waals surface area contributed by atoms with Crippen LogP contribution in [0.3, 0.4) is 0 Å². The average Bonchev–Trinajstić information content (AvgIpc) is 3.11. The summed E-state index contributed by atoms with van der Waals surface area (Å²) in [6.45, 7) is 10.7. The minimum absolute atomic E-state index is 0.203. The van der Waals surface area contributed by atoms with Crippen molar-refractivity contribution in [3.63, 3.8) is 0 Å². The molecule has 0 unspecified atom stereocenters. The summed E-state index contributed by atoms with van der Waals surface area (Å²) in [6.07, 6.45) is 4.52. The molecule has 0 spiro atoms. The second-order valence-electron chi connectivity index (χ2n) is 9.99. The SMILES string of the molecule is CCC(C)(C)[C@@H]1CCc2c(sc(NC(=O)[C@@H]3CC(C)=C(C)C[C@@H]3C(=O)O)c2C(=O)OC)C1. The van der Waals surface area contributed by atoms with Crippen molar-refractivity contribution in [2.75, 3.05) is 12.4 Å². The second-order valence-corrected chi connectivity index (χ2v) is 11.1. The lowest BCUT2D eigenvalue weighted by atomic mass is 9.69. The van der Waals surface area contributed by atoms with Gasteiger partial charge in [0.15, 0.2) is 0 Å². The zero-order chi connectivity index (χ0) is 23.8. The van der Waals surface area contributed by atoms with E-state index in [1.165, 1.54) is 18.4 Å². The summed E-state index contributed by atoms with van der Waals surface area (Å²) in [6, 6.07) is 0. The Labute approximate surface area is 194 Å². The van der Waals surface area contributed by atoms with Crippen LogP contribution in [0.15, 0.2) is 11.1 Å². The summed E-state index contributed by atoms with van der Waals surface area (Å²) in [5.74, 6) is -2.65. The molecule has 32 heavy (non-hydrogen) atoms. The molecule has 1 heterocycles. The third-order valence-electron chi connectivity index (χ3n) is 7.83. The molecule has 6 nitrogen and oxygen atoms in total. The number of allylic oxidation sites excluding steroid dienone is 2. The molecular weight excluding hydrogens is 426 g/mol. The van der Waals surface area contributed by atoms with Gasteiger partial charge in [0.1, 0.15) is 5.00 Å². The number of carboxylic acids is 1. The normalized spacial score (nSPS) is 23.5. The van der Waals surface area contributed by atoms with Crippen molar-refractivity contribution in [1.82, 2.24) is 0 Å². The fraction of sp³-hybridized carbons (Fsp3) is 0.640. The molecule has 0 radical (unpaired) electrons. The maximum atomic E-state index is 13.2. The van der Waals surface area contributed by atoms with Crippen LogP contribution in [-0.4, -0.2) is 30.1 Å². The number of carbonyl (C=O) groups excluding carboxylic acids is 2. The van der Waals surface area contributed by atoms with Crippen LogP contribution < -0.4 is 5.32 Å². The number of carbonyl (C=O) groups is 3. The number of fused-ring (bicyclic) bond motifs is 1. The van der Waals surface area contributed by atoms with Crippen LogP contribution in [0.4, 0.5) is 5.00 Å². The molecule has 2 aliphatic carbocycles. The lowest BCUT2D eigenvalue weighted by Gasteiger charge is -2.36. The molecule has 7 heteroatoms. The molecule has 1 aromatic rings. The van der Waals surface area contributed by atoms with Gasteiger partial charge in [-0.05, 0) is 62.8 Å². The summed E-state index contributed by atoms with van der Waals surface area (Å²) in [4.78, 5) is 38.9. The number of hydrogen-bond donors (Lipinski definition) is 2. The molecule has 1 aromatic heterocycles. The van der Waals surface area contributed by atoms with Gasteiger partial charge in [-0.25, -0.2) is 4.79 Å². The fourth-order valence-electron chi connectivity index (χ4n) is 4.98. The van der Waals surface area contributed by atoms with E-state index in [-0.39, 0.29) is 11.3 Å². The van der Waals surface area contributed by atoms with Gasteiger partial charge in [-0.2, -0.15) is 0 Å². The zero-order valence-electron chi connectivity index (χ0n) is 20.0. The Morgan fingerprint density at radius 1 is 1.12 bits per heavy atom. The van der Waals surface area contributed by atoms with Gasteiger partial charge < -0.3 is 15.2 Å². The predicted molar refractivity (Wildman–Crippen MR) is 126 cm³/mol. The van der Waals surface area contributed by atoms with Crippen LogP contribution in [0.25, 0.3) is 0 Å². The standard InChI is InChI=1S/C25H35NO5S/c1-7-25(4,5)15-8-9-16-19(12-15)32-22(20(16)24(30)31-6)26-21(27)17-10-13(2)14(3)11-18(17)23(28)29/h15,17-18H,7-12H2,1-6H3,(H,26,27)(H,28,29)/t15-,17-,18+/m1/s1. The van der Waals surface area contributed by atoms with Crippen molar-refractivity contribution in [1.29, 1.82) is 0 Å². The first kappa shape index (κ1) is 24.5. The lowest BCUT2D eigenvalue weighted by Crippen LogP contribution is -2.36. The van der Waals surface area contributed by atoms with Gasteiger partial charge in [0.05, 0.1) is 24.5 Å². The Balaban J connectivity index is 1.92. The number of thiophene rings is 1. The van der Waals surface area contributed by atoms with E-state index in [0.29, 0.717) is 29.3 Å². The molecule has 176 valence electrons. The maximum Gasteiger partial charge on any atom is 0.341 e. The van der Waals surface area contributed by atoms with Gasteiger partial charge in [0, 0.05) is 4.88 Å². The first-order valence-corrected chi connectivity index (χ1v) is 12.2. The number of hydrogen-bond acceptors (Lipinski definition) is 5. The first-order chi connectivity index (χ1) is 15.0. The lowest BCUT2D eigenvalue weighted by molar-refractivity contribution is -0.146. The monoisotopic (exact) mass is 461 g/mol. The van der Waals surface area contributed by atoms with E-state index >= 15 is 0 Å². The van der Waals surface area contributed by atoms with E-state index in [4.69, 9.17) is 4.74 Å². The number of anilines is 1. The third-order valence-corrected chi connectivity index (χ3v) is 9.00. The molecule has 2 aliphatic rings. The number of methoxy groups -OCH3 is 1. The first-order valence-electron chi connectivity index (χ1n) is 11.4. The second kappa shape index (κ2) is 9.38. The van der Waals surface area contributed by atoms with Crippen molar-refractivity contribution in [2.45, 2.75) is 73.1 Å². The molecule has 3 rings (SSSR count). The molecular formula is C25H35NO5S. The highest BCUT2D eigenvalue weighted by molar-refractivity contribution is 7.17. The van der Waals surface area contributed by atoms with Crippen LogP contribution in [0.2, 0.25) is 0 Å². The largest absolute Gasteiger partial charge is 0.481 e. The van der Waals surface area contributed by atoms with Gasteiger partial charge in [-0.15, -0.1) is 11.3 Å². The number of carboxylic acid groups (broad SMARTS) is 1. The number of ether oxygens (including phenoxy) is 1. The Hall–Kier alpha value is -2.15. The van der Waals surface area contributed by atoms with E-state index in [1.54, 1.807) is 0 Å². The third kappa shape index (κ3) is 4.63. The van der Waals surface area contributed by atoms with Crippen molar-refractivity contribution in [3.05, 3.63) is 27.2 Å². The van der Waals surface area contributed by atoms with Gasteiger partial charge in [0.2, 0.25) is 5.91 Å². The van der Waals surface area contributed by atoms with E-state index in [0.717, 1.165) is 47.3 Å². The molecule has 3 atom stereocenters. The average molecular weight is 462 g/mol. The Kier molecular flexibility index (Phi) is 7.18. The zero-order valence-corrected chi connectivity index (χ0v) is 20.8.